The molecule has 0 fully saturated rings. The number of nitrogens with zero attached hydrogens (tertiary/aromatic N) is 4. The van der Waals surface area contributed by atoms with Crippen molar-refractivity contribution in [3.8, 4) is 62.1 Å². The molecule has 0 aliphatic rings. The standard InChI is InChI=1S/C51H32N4O/c1-3-11-33(12-4-1)34-19-21-36(22-20-34)50-52-49(35-13-5-2-6-14-35)53-51(54-50)37-23-27-40(28-24-37)55-45-17-9-7-15-41(45)43-31-38(25-29-46(43)55)39-26-30-48-44(32-39)42-16-8-10-18-47(42)56-48/h1-32H. The number of hydrogen-bond acceptors (Lipinski definition) is 4. The molecule has 56 heavy (non-hydrogen) atoms. The highest BCUT2D eigenvalue weighted by atomic mass is 16.3. The first-order valence-corrected chi connectivity index (χ1v) is 18.8. The summed E-state index contributed by atoms with van der Waals surface area (Å²) in [5.74, 6) is 1.90. The van der Waals surface area contributed by atoms with E-state index < -0.39 is 0 Å². The molecule has 0 bridgehead atoms. The third kappa shape index (κ3) is 5.45. The van der Waals surface area contributed by atoms with Crippen LogP contribution in [0.4, 0.5) is 0 Å². The molecule has 0 N–H and O–H groups in total. The van der Waals surface area contributed by atoms with Crippen molar-refractivity contribution < 1.29 is 4.42 Å². The highest BCUT2D eigenvalue weighted by molar-refractivity contribution is 6.11. The number of benzene rings is 8. The Morgan fingerprint density at radius 3 is 1.45 bits per heavy atom. The van der Waals surface area contributed by atoms with E-state index in [-0.39, 0.29) is 0 Å². The van der Waals surface area contributed by atoms with Gasteiger partial charge in [0.15, 0.2) is 17.5 Å². The van der Waals surface area contributed by atoms with Gasteiger partial charge in [0.1, 0.15) is 11.2 Å². The summed E-state index contributed by atoms with van der Waals surface area (Å²) in [5, 5.41) is 4.67. The molecule has 262 valence electrons. The number of fused-ring (bicyclic) bond motifs is 6. The van der Waals surface area contributed by atoms with Gasteiger partial charge in [-0.1, -0.05) is 133 Å². The van der Waals surface area contributed by atoms with Crippen LogP contribution in [-0.2, 0) is 0 Å². The summed E-state index contributed by atoms with van der Waals surface area (Å²) in [6, 6.07) is 67.6. The van der Waals surface area contributed by atoms with Crippen LogP contribution in [0.5, 0.6) is 0 Å². The van der Waals surface area contributed by atoms with Crippen molar-refractivity contribution >= 4 is 43.7 Å². The summed E-state index contributed by atoms with van der Waals surface area (Å²) < 4.78 is 8.46. The third-order valence-corrected chi connectivity index (χ3v) is 10.7. The lowest BCUT2D eigenvalue weighted by atomic mass is 10.0. The molecule has 8 aromatic carbocycles. The summed E-state index contributed by atoms with van der Waals surface area (Å²) in [7, 11) is 0. The van der Waals surface area contributed by atoms with Crippen LogP contribution in [0.15, 0.2) is 199 Å². The monoisotopic (exact) mass is 716 g/mol. The predicted molar refractivity (Wildman–Crippen MR) is 229 cm³/mol. The Balaban J connectivity index is 0.984. The van der Waals surface area contributed by atoms with Gasteiger partial charge in [0, 0.05) is 43.9 Å². The number of aromatic nitrogens is 4. The fourth-order valence-corrected chi connectivity index (χ4v) is 7.89. The van der Waals surface area contributed by atoms with Gasteiger partial charge >= 0.3 is 0 Å². The lowest BCUT2D eigenvalue weighted by Gasteiger charge is -2.11. The third-order valence-electron chi connectivity index (χ3n) is 10.7. The topological polar surface area (TPSA) is 56.7 Å². The highest BCUT2D eigenvalue weighted by Gasteiger charge is 2.16. The van der Waals surface area contributed by atoms with Gasteiger partial charge < -0.3 is 8.98 Å². The first kappa shape index (κ1) is 31.9. The zero-order chi connectivity index (χ0) is 37.0. The van der Waals surface area contributed by atoms with Crippen LogP contribution in [0.1, 0.15) is 0 Å². The zero-order valence-electron chi connectivity index (χ0n) is 30.2. The Bertz CT molecular complexity index is 3220. The molecular formula is C51H32N4O. The number of hydrogen-bond donors (Lipinski definition) is 0. The van der Waals surface area contributed by atoms with Gasteiger partial charge in [0.05, 0.1) is 11.0 Å². The first-order chi connectivity index (χ1) is 27.7. The van der Waals surface area contributed by atoms with E-state index in [4.69, 9.17) is 19.4 Å². The molecular weight excluding hydrogens is 685 g/mol. The van der Waals surface area contributed by atoms with E-state index in [1.165, 1.54) is 16.3 Å². The molecule has 3 heterocycles. The van der Waals surface area contributed by atoms with E-state index >= 15 is 0 Å². The second-order valence-electron chi connectivity index (χ2n) is 14.1. The Labute approximate surface area is 322 Å². The summed E-state index contributed by atoms with van der Waals surface area (Å²) in [4.78, 5) is 15.0. The van der Waals surface area contributed by atoms with Crippen molar-refractivity contribution in [2.45, 2.75) is 0 Å². The molecule has 0 aliphatic carbocycles. The quantitative estimate of drug-likeness (QED) is 0.172. The van der Waals surface area contributed by atoms with Gasteiger partial charge in [0.25, 0.3) is 0 Å². The van der Waals surface area contributed by atoms with E-state index in [2.05, 4.69) is 150 Å². The van der Waals surface area contributed by atoms with Crippen LogP contribution in [-0.4, -0.2) is 19.5 Å². The van der Waals surface area contributed by atoms with Gasteiger partial charge in [-0.2, -0.15) is 0 Å². The molecule has 11 aromatic rings. The smallest absolute Gasteiger partial charge is 0.164 e. The van der Waals surface area contributed by atoms with Crippen molar-refractivity contribution in [2.75, 3.05) is 0 Å². The number of rotatable bonds is 6. The molecule has 5 nitrogen and oxygen atoms in total. The lowest BCUT2D eigenvalue weighted by Crippen LogP contribution is -2.00. The molecule has 0 spiro atoms. The molecule has 0 aliphatic heterocycles. The van der Waals surface area contributed by atoms with E-state index in [0.717, 1.165) is 72.0 Å². The van der Waals surface area contributed by atoms with E-state index in [1.807, 2.05) is 48.5 Å². The largest absolute Gasteiger partial charge is 0.456 e. The summed E-state index contributed by atoms with van der Waals surface area (Å²) in [6.45, 7) is 0. The van der Waals surface area contributed by atoms with E-state index in [9.17, 15) is 0 Å². The first-order valence-electron chi connectivity index (χ1n) is 18.8. The molecule has 0 unspecified atom stereocenters. The maximum Gasteiger partial charge on any atom is 0.164 e. The Hall–Kier alpha value is -7.63. The van der Waals surface area contributed by atoms with Crippen molar-refractivity contribution in [1.29, 1.82) is 0 Å². The Kier molecular flexibility index (Phi) is 7.42. The number of para-hydroxylation sites is 2. The van der Waals surface area contributed by atoms with Crippen LogP contribution in [0.25, 0.3) is 106 Å². The lowest BCUT2D eigenvalue weighted by molar-refractivity contribution is 0.669. The summed E-state index contributed by atoms with van der Waals surface area (Å²) in [5.41, 5.74) is 12.6. The molecule has 11 rings (SSSR count). The van der Waals surface area contributed by atoms with Gasteiger partial charge in [-0.3, -0.25) is 0 Å². The van der Waals surface area contributed by atoms with Gasteiger partial charge in [-0.05, 0) is 82.9 Å². The minimum Gasteiger partial charge on any atom is -0.456 e. The minimum absolute atomic E-state index is 0.627. The molecule has 0 saturated heterocycles. The van der Waals surface area contributed by atoms with Crippen molar-refractivity contribution in [3.63, 3.8) is 0 Å². The van der Waals surface area contributed by atoms with Crippen LogP contribution in [0, 0.1) is 0 Å². The summed E-state index contributed by atoms with van der Waals surface area (Å²) >= 11 is 0. The van der Waals surface area contributed by atoms with Crippen LogP contribution < -0.4 is 0 Å². The Morgan fingerprint density at radius 2 is 0.750 bits per heavy atom. The second-order valence-corrected chi connectivity index (χ2v) is 14.1. The van der Waals surface area contributed by atoms with Gasteiger partial charge in [-0.15, -0.1) is 0 Å². The maximum atomic E-state index is 6.12. The fourth-order valence-electron chi connectivity index (χ4n) is 7.89. The normalized spacial score (nSPS) is 11.6. The van der Waals surface area contributed by atoms with Crippen LogP contribution in [0.3, 0.4) is 0 Å². The highest BCUT2D eigenvalue weighted by Crippen LogP contribution is 2.38. The van der Waals surface area contributed by atoms with Gasteiger partial charge in [0.2, 0.25) is 0 Å². The van der Waals surface area contributed by atoms with Crippen LogP contribution in [0.2, 0.25) is 0 Å². The van der Waals surface area contributed by atoms with Crippen molar-refractivity contribution in [2.24, 2.45) is 0 Å². The van der Waals surface area contributed by atoms with Crippen LogP contribution >= 0.6 is 0 Å². The SMILES string of the molecule is c1ccc(-c2ccc(-c3nc(-c4ccccc4)nc(-c4ccc(-n5c6ccccc6c6cc(-c7ccc8oc9ccccc9c8c7)ccc65)cc4)n3)cc2)cc1. The summed E-state index contributed by atoms with van der Waals surface area (Å²) in [6.07, 6.45) is 0. The van der Waals surface area contributed by atoms with Crippen molar-refractivity contribution in [1.82, 2.24) is 19.5 Å². The molecule has 0 atom stereocenters. The predicted octanol–water partition coefficient (Wildman–Crippen LogP) is 13.2. The average Bonchev–Trinajstić information content (AvgIpc) is 3.82. The average molecular weight is 717 g/mol. The number of furan rings is 1. The van der Waals surface area contributed by atoms with Gasteiger partial charge in [-0.25, -0.2) is 15.0 Å². The van der Waals surface area contributed by atoms with E-state index in [0.29, 0.717) is 17.5 Å². The van der Waals surface area contributed by atoms with E-state index in [1.54, 1.807) is 0 Å². The molecule has 0 saturated carbocycles. The minimum atomic E-state index is 0.627. The second kappa shape index (κ2) is 13.0. The maximum absolute atomic E-state index is 6.12. The molecule has 3 aromatic heterocycles. The van der Waals surface area contributed by atoms with Crippen molar-refractivity contribution in [3.05, 3.63) is 194 Å². The Morgan fingerprint density at radius 1 is 0.304 bits per heavy atom. The molecule has 0 amide bonds. The fraction of sp³-hybridized carbons (Fsp3) is 0. The molecule has 0 radical (unpaired) electrons. The molecule has 5 heteroatoms. The zero-order valence-corrected chi connectivity index (χ0v) is 30.2.